The van der Waals surface area contributed by atoms with E-state index in [-0.39, 0.29) is 10.8 Å². The van der Waals surface area contributed by atoms with E-state index >= 15 is 0 Å². The summed E-state index contributed by atoms with van der Waals surface area (Å²) in [6, 6.07) is 11.8. The molecule has 8 heteroatoms. The van der Waals surface area contributed by atoms with Crippen molar-refractivity contribution in [2.75, 3.05) is 19.0 Å². The number of methoxy groups -OCH3 is 1. The number of carbonyl (C=O) groups is 1. The van der Waals surface area contributed by atoms with Gasteiger partial charge in [0.25, 0.3) is 10.0 Å². The third-order valence-corrected chi connectivity index (χ3v) is 6.63. The summed E-state index contributed by atoms with van der Waals surface area (Å²) >= 11 is 0. The summed E-state index contributed by atoms with van der Waals surface area (Å²) < 4.78 is 34.3. The number of carbonyl (C=O) groups excluding carboxylic acids is 1. The van der Waals surface area contributed by atoms with Crippen LogP contribution in [0, 0.1) is 6.92 Å². The molecule has 152 valence electrons. The fourth-order valence-electron chi connectivity index (χ4n) is 3.89. The molecule has 0 aromatic heterocycles. The Morgan fingerprint density at radius 3 is 2.79 bits per heavy atom. The summed E-state index contributed by atoms with van der Waals surface area (Å²) in [7, 11) is -2.18. The Morgan fingerprint density at radius 1 is 1.21 bits per heavy atom. The highest BCUT2D eigenvalue weighted by atomic mass is 32.2. The Hall–Kier alpha value is -2.87. The largest absolute Gasteiger partial charge is 0.495 e. The second kappa shape index (κ2) is 7.51. The van der Waals surface area contributed by atoms with Crippen LogP contribution in [0.25, 0.3) is 0 Å². The Balaban J connectivity index is 1.66. The number of rotatable bonds is 3. The number of amidine groups is 1. The standard InChI is InChI=1S/C21H23N3O4S/c1-14-10-11-18(28-2)16(13-14)22-21(25)17-8-5-6-12-24(17)20-15-7-3-4-9-19(15)29(26,27)23-20/h3-4,7,9-11,13,17H,5-6,8,12H2,1-2H3,(H,22,25)/t17-/m1/s1. The molecule has 0 spiro atoms. The molecule has 0 radical (unpaired) electrons. The van der Waals surface area contributed by atoms with Gasteiger partial charge in [-0.15, -0.1) is 4.40 Å². The summed E-state index contributed by atoms with van der Waals surface area (Å²) in [6.07, 6.45) is 2.39. The van der Waals surface area contributed by atoms with Crippen molar-refractivity contribution in [3.8, 4) is 5.75 Å². The zero-order valence-electron chi connectivity index (χ0n) is 16.4. The molecular weight excluding hydrogens is 390 g/mol. The minimum absolute atomic E-state index is 0.195. The van der Waals surface area contributed by atoms with Gasteiger partial charge >= 0.3 is 0 Å². The first-order valence-corrected chi connectivity index (χ1v) is 11.0. The molecule has 2 aliphatic heterocycles. The smallest absolute Gasteiger partial charge is 0.285 e. The predicted octanol–water partition coefficient (Wildman–Crippen LogP) is 2.95. The number of nitrogens with one attached hydrogen (secondary N) is 1. The highest BCUT2D eigenvalue weighted by Gasteiger charge is 2.38. The number of fused-ring (bicyclic) bond motifs is 1. The van der Waals surface area contributed by atoms with Gasteiger partial charge in [-0.05, 0) is 56.0 Å². The van der Waals surface area contributed by atoms with Gasteiger partial charge in [-0.3, -0.25) is 4.79 Å². The second-order valence-electron chi connectivity index (χ2n) is 7.28. The summed E-state index contributed by atoms with van der Waals surface area (Å²) in [6.45, 7) is 2.52. The SMILES string of the molecule is COc1ccc(C)cc1NC(=O)[C@H]1CCCCN1C1=NS(=O)(=O)c2ccccc21. The molecule has 29 heavy (non-hydrogen) atoms. The van der Waals surface area contributed by atoms with E-state index in [0.29, 0.717) is 35.8 Å². The number of nitrogens with zero attached hydrogens (tertiary/aromatic N) is 2. The molecule has 1 fully saturated rings. The van der Waals surface area contributed by atoms with Gasteiger partial charge in [-0.25, -0.2) is 0 Å². The summed E-state index contributed by atoms with van der Waals surface area (Å²) in [5, 5.41) is 2.96. The molecule has 0 unspecified atom stereocenters. The van der Waals surface area contributed by atoms with Crippen LogP contribution < -0.4 is 10.1 Å². The molecule has 1 atom stereocenters. The van der Waals surface area contributed by atoms with Crippen molar-refractivity contribution >= 4 is 27.5 Å². The van der Waals surface area contributed by atoms with Crippen LogP contribution in [0.4, 0.5) is 5.69 Å². The molecule has 0 aliphatic carbocycles. The first-order chi connectivity index (χ1) is 13.9. The van der Waals surface area contributed by atoms with Crippen LogP contribution in [0.1, 0.15) is 30.4 Å². The number of piperidine rings is 1. The van der Waals surface area contributed by atoms with Gasteiger partial charge in [0, 0.05) is 12.1 Å². The van der Waals surface area contributed by atoms with Crippen LogP contribution in [0.15, 0.2) is 51.8 Å². The third kappa shape index (κ3) is 3.60. The molecule has 1 N–H and O–H groups in total. The lowest BCUT2D eigenvalue weighted by Gasteiger charge is -2.36. The molecule has 1 saturated heterocycles. The van der Waals surface area contributed by atoms with E-state index in [1.165, 1.54) is 0 Å². The van der Waals surface area contributed by atoms with Gasteiger partial charge in [0.05, 0.1) is 12.8 Å². The van der Waals surface area contributed by atoms with Crippen molar-refractivity contribution in [2.24, 2.45) is 4.40 Å². The first kappa shape index (κ1) is 19.4. The van der Waals surface area contributed by atoms with Crippen molar-refractivity contribution in [2.45, 2.75) is 37.1 Å². The lowest BCUT2D eigenvalue weighted by atomic mass is 9.99. The normalized spacial score (nSPS) is 20.0. The Kier molecular flexibility index (Phi) is 5.04. The molecule has 2 aliphatic rings. The van der Waals surface area contributed by atoms with Crippen LogP contribution in [-0.4, -0.2) is 44.8 Å². The highest BCUT2D eigenvalue weighted by Crippen LogP contribution is 2.32. The third-order valence-electron chi connectivity index (χ3n) is 5.30. The van der Waals surface area contributed by atoms with E-state index in [2.05, 4.69) is 9.71 Å². The average Bonchev–Trinajstić information content (AvgIpc) is 2.99. The number of anilines is 1. The minimum atomic E-state index is -3.73. The quantitative estimate of drug-likeness (QED) is 0.836. The fourth-order valence-corrected chi connectivity index (χ4v) is 5.11. The number of hydrogen-bond donors (Lipinski definition) is 1. The second-order valence-corrected chi connectivity index (χ2v) is 8.86. The number of benzene rings is 2. The van der Waals surface area contributed by atoms with Gasteiger partial charge in [-0.2, -0.15) is 8.42 Å². The summed E-state index contributed by atoms with van der Waals surface area (Å²) in [5.41, 5.74) is 2.16. The number of ether oxygens (including phenoxy) is 1. The lowest BCUT2D eigenvalue weighted by Crippen LogP contribution is -2.50. The van der Waals surface area contributed by atoms with Crippen molar-refractivity contribution in [1.82, 2.24) is 4.90 Å². The molecule has 2 heterocycles. The van der Waals surface area contributed by atoms with E-state index in [1.54, 1.807) is 31.4 Å². The van der Waals surface area contributed by atoms with E-state index in [4.69, 9.17) is 4.74 Å². The molecule has 2 aromatic carbocycles. The lowest BCUT2D eigenvalue weighted by molar-refractivity contribution is -0.120. The van der Waals surface area contributed by atoms with Crippen LogP contribution in [0.3, 0.4) is 0 Å². The molecule has 1 amide bonds. The monoisotopic (exact) mass is 413 g/mol. The van der Waals surface area contributed by atoms with Crippen LogP contribution in [0.2, 0.25) is 0 Å². The molecule has 4 rings (SSSR count). The Morgan fingerprint density at radius 2 is 2.00 bits per heavy atom. The van der Waals surface area contributed by atoms with Gasteiger partial charge in [0.15, 0.2) is 5.84 Å². The van der Waals surface area contributed by atoms with E-state index in [9.17, 15) is 13.2 Å². The van der Waals surface area contributed by atoms with Gasteiger partial charge in [0.2, 0.25) is 5.91 Å². The topological polar surface area (TPSA) is 88.1 Å². The number of hydrogen-bond acceptors (Lipinski definition) is 5. The Labute approximate surface area is 170 Å². The predicted molar refractivity (Wildman–Crippen MR) is 111 cm³/mol. The minimum Gasteiger partial charge on any atom is -0.495 e. The molecule has 0 bridgehead atoms. The maximum atomic E-state index is 13.2. The molecule has 7 nitrogen and oxygen atoms in total. The van der Waals surface area contributed by atoms with E-state index < -0.39 is 16.1 Å². The van der Waals surface area contributed by atoms with Crippen LogP contribution in [-0.2, 0) is 14.8 Å². The van der Waals surface area contributed by atoms with Crippen molar-refractivity contribution in [3.05, 3.63) is 53.6 Å². The Bertz CT molecular complexity index is 1090. The summed E-state index contributed by atoms with van der Waals surface area (Å²) in [4.78, 5) is 15.2. The number of likely N-dealkylation sites (tertiary alicyclic amines) is 1. The van der Waals surface area contributed by atoms with Crippen molar-refractivity contribution in [1.29, 1.82) is 0 Å². The maximum Gasteiger partial charge on any atom is 0.285 e. The van der Waals surface area contributed by atoms with Crippen LogP contribution in [0.5, 0.6) is 5.75 Å². The number of aryl methyl sites for hydroxylation is 1. The highest BCUT2D eigenvalue weighted by molar-refractivity contribution is 7.90. The zero-order chi connectivity index (χ0) is 20.6. The maximum absolute atomic E-state index is 13.2. The first-order valence-electron chi connectivity index (χ1n) is 9.57. The summed E-state index contributed by atoms with van der Waals surface area (Å²) in [5.74, 6) is 0.743. The number of amides is 1. The van der Waals surface area contributed by atoms with Crippen LogP contribution >= 0.6 is 0 Å². The number of sulfonamides is 1. The molecule has 0 saturated carbocycles. The van der Waals surface area contributed by atoms with Gasteiger partial charge < -0.3 is 15.0 Å². The fraction of sp³-hybridized carbons (Fsp3) is 0.333. The zero-order valence-corrected chi connectivity index (χ0v) is 17.2. The van der Waals surface area contributed by atoms with Gasteiger partial charge in [-0.1, -0.05) is 18.2 Å². The molecular formula is C21H23N3O4S. The van der Waals surface area contributed by atoms with E-state index in [1.807, 2.05) is 30.0 Å². The van der Waals surface area contributed by atoms with Gasteiger partial charge in [0.1, 0.15) is 16.7 Å². The van der Waals surface area contributed by atoms with Crippen molar-refractivity contribution in [3.63, 3.8) is 0 Å². The van der Waals surface area contributed by atoms with Crippen molar-refractivity contribution < 1.29 is 17.9 Å². The van der Waals surface area contributed by atoms with E-state index in [0.717, 1.165) is 18.4 Å². The average molecular weight is 413 g/mol. The molecule has 2 aromatic rings.